The van der Waals surface area contributed by atoms with E-state index in [1.165, 1.54) is 11.1 Å². The third-order valence-corrected chi connectivity index (χ3v) is 4.56. The van der Waals surface area contributed by atoms with E-state index in [0.717, 1.165) is 36.4 Å². The molecule has 1 aliphatic rings. The van der Waals surface area contributed by atoms with Crippen LogP contribution >= 0.6 is 0 Å². The van der Waals surface area contributed by atoms with Gasteiger partial charge in [0, 0.05) is 31.4 Å². The van der Waals surface area contributed by atoms with Crippen molar-refractivity contribution < 1.29 is 0 Å². The Kier molecular flexibility index (Phi) is 3.20. The normalized spacial score (nSPS) is 14.9. The van der Waals surface area contributed by atoms with Crippen LogP contribution in [-0.4, -0.2) is 40.7 Å². The van der Waals surface area contributed by atoms with E-state index >= 15 is 0 Å². The lowest BCUT2D eigenvalue weighted by atomic mass is 9.97. The van der Waals surface area contributed by atoms with Crippen LogP contribution in [0.2, 0.25) is 0 Å². The molecule has 3 N–H and O–H groups in total. The number of hydrogen-bond donors (Lipinski definition) is 2. The number of nitrogens with one attached hydrogen (secondary N) is 1. The van der Waals surface area contributed by atoms with Crippen molar-refractivity contribution in [1.82, 2.24) is 20.1 Å². The fraction of sp³-hybridized carbons (Fsp3) is 0.294. The van der Waals surface area contributed by atoms with Gasteiger partial charge in [0.15, 0.2) is 5.65 Å². The molecule has 0 unspecified atom stereocenters. The number of hydrogen-bond acceptors (Lipinski definition) is 5. The number of rotatable bonds is 2. The Balaban J connectivity index is 1.94. The monoisotopic (exact) mass is 308 g/mol. The van der Waals surface area contributed by atoms with Gasteiger partial charge < -0.3 is 15.5 Å². The second-order valence-corrected chi connectivity index (χ2v) is 6.11. The van der Waals surface area contributed by atoms with Gasteiger partial charge in [-0.05, 0) is 31.2 Å². The molecule has 0 saturated carbocycles. The lowest BCUT2D eigenvalue weighted by molar-refractivity contribution is 0.314. The molecular formula is C17H20N6. The van der Waals surface area contributed by atoms with Crippen LogP contribution in [0.5, 0.6) is 0 Å². The predicted molar refractivity (Wildman–Crippen MR) is 92.8 cm³/mol. The van der Waals surface area contributed by atoms with E-state index in [1.807, 2.05) is 25.2 Å². The number of para-hydroxylation sites is 1. The van der Waals surface area contributed by atoms with Crippen molar-refractivity contribution in [3.63, 3.8) is 0 Å². The fourth-order valence-corrected chi connectivity index (χ4v) is 3.32. The molecule has 0 atom stereocenters. The third-order valence-electron chi connectivity index (χ3n) is 4.56. The summed E-state index contributed by atoms with van der Waals surface area (Å²) in [6.07, 6.45) is 0.963. The molecule has 6 heteroatoms. The highest BCUT2D eigenvalue weighted by Gasteiger charge is 2.25. The minimum atomic E-state index is 0.613. The summed E-state index contributed by atoms with van der Waals surface area (Å²) in [6.45, 7) is 1.89. The number of fused-ring (bicyclic) bond motifs is 3. The highest BCUT2D eigenvalue weighted by molar-refractivity contribution is 5.92. The van der Waals surface area contributed by atoms with E-state index in [9.17, 15) is 0 Å². The SMILES string of the molecule is CN1CCc2c(c(N(C)c3ccccc3)nc3n[nH]c(N)c23)C1. The predicted octanol–water partition coefficient (Wildman–Crippen LogP) is 2.30. The van der Waals surface area contributed by atoms with Crippen LogP contribution in [-0.2, 0) is 13.0 Å². The largest absolute Gasteiger partial charge is 0.384 e. The van der Waals surface area contributed by atoms with Crippen molar-refractivity contribution in [3.8, 4) is 0 Å². The Morgan fingerprint density at radius 2 is 2.00 bits per heavy atom. The highest BCUT2D eigenvalue weighted by Crippen LogP contribution is 2.36. The van der Waals surface area contributed by atoms with Gasteiger partial charge in [-0.1, -0.05) is 18.2 Å². The zero-order valence-electron chi connectivity index (χ0n) is 13.4. The Morgan fingerprint density at radius 1 is 1.22 bits per heavy atom. The Labute approximate surface area is 134 Å². The summed E-state index contributed by atoms with van der Waals surface area (Å²) in [5.74, 6) is 1.57. The Morgan fingerprint density at radius 3 is 2.78 bits per heavy atom. The quantitative estimate of drug-likeness (QED) is 0.760. The van der Waals surface area contributed by atoms with Gasteiger partial charge in [-0.25, -0.2) is 4.98 Å². The molecule has 0 saturated heterocycles. The molecule has 1 aliphatic heterocycles. The van der Waals surface area contributed by atoms with Gasteiger partial charge in [-0.15, -0.1) is 0 Å². The van der Waals surface area contributed by atoms with Crippen LogP contribution in [0.1, 0.15) is 11.1 Å². The molecule has 1 aromatic carbocycles. The summed E-state index contributed by atoms with van der Waals surface area (Å²) < 4.78 is 0. The molecular weight excluding hydrogens is 288 g/mol. The maximum atomic E-state index is 6.09. The van der Waals surface area contributed by atoms with E-state index in [0.29, 0.717) is 11.5 Å². The van der Waals surface area contributed by atoms with Crippen LogP contribution in [0, 0.1) is 0 Å². The first-order chi connectivity index (χ1) is 11.1. The van der Waals surface area contributed by atoms with Gasteiger partial charge in [-0.2, -0.15) is 5.10 Å². The summed E-state index contributed by atoms with van der Waals surface area (Å²) in [6, 6.07) is 10.3. The van der Waals surface area contributed by atoms with Crippen LogP contribution in [0.4, 0.5) is 17.3 Å². The Hall–Kier alpha value is -2.60. The summed E-state index contributed by atoms with van der Waals surface area (Å²) in [7, 11) is 4.19. The van der Waals surface area contributed by atoms with Crippen LogP contribution in [0.25, 0.3) is 11.0 Å². The number of nitrogen functional groups attached to an aromatic ring is 1. The van der Waals surface area contributed by atoms with Gasteiger partial charge in [0.2, 0.25) is 0 Å². The topological polar surface area (TPSA) is 74.1 Å². The number of aromatic nitrogens is 3. The molecule has 0 radical (unpaired) electrons. The standard InChI is InChI=1S/C17H20N6/c1-22-9-8-12-13(10-22)17(19-16-14(12)15(18)20-21-16)23(2)11-6-4-3-5-7-11/h3-7H,8-10H2,1-2H3,(H3,18,19,20,21). The maximum Gasteiger partial charge on any atom is 0.185 e. The third kappa shape index (κ3) is 2.22. The van der Waals surface area contributed by atoms with Gasteiger partial charge in [0.05, 0.1) is 5.39 Å². The van der Waals surface area contributed by atoms with Crippen molar-refractivity contribution in [1.29, 1.82) is 0 Å². The van der Waals surface area contributed by atoms with Crippen molar-refractivity contribution in [2.45, 2.75) is 13.0 Å². The average Bonchev–Trinajstić information content (AvgIpc) is 2.95. The summed E-state index contributed by atoms with van der Waals surface area (Å²) in [5.41, 5.74) is 10.4. The number of likely N-dealkylation sites (N-methyl/N-ethyl adjacent to an activating group) is 1. The molecule has 118 valence electrons. The lowest BCUT2D eigenvalue weighted by Crippen LogP contribution is -2.29. The molecule has 23 heavy (non-hydrogen) atoms. The molecule has 6 nitrogen and oxygen atoms in total. The summed E-state index contributed by atoms with van der Waals surface area (Å²) >= 11 is 0. The smallest absolute Gasteiger partial charge is 0.185 e. The lowest BCUT2D eigenvalue weighted by Gasteiger charge is -2.30. The molecule has 0 spiro atoms. The highest BCUT2D eigenvalue weighted by atomic mass is 15.2. The minimum absolute atomic E-state index is 0.613. The number of nitrogens with zero attached hydrogens (tertiary/aromatic N) is 4. The molecule has 0 aliphatic carbocycles. The van der Waals surface area contributed by atoms with Gasteiger partial charge >= 0.3 is 0 Å². The van der Waals surface area contributed by atoms with Gasteiger partial charge in [0.1, 0.15) is 11.6 Å². The van der Waals surface area contributed by atoms with E-state index in [2.05, 4.69) is 39.2 Å². The molecule has 0 fully saturated rings. The minimum Gasteiger partial charge on any atom is -0.384 e. The second kappa shape index (κ2) is 5.24. The first kappa shape index (κ1) is 14.0. The van der Waals surface area contributed by atoms with E-state index in [4.69, 9.17) is 10.7 Å². The molecule has 2 aromatic heterocycles. The molecule has 0 amide bonds. The molecule has 0 bridgehead atoms. The first-order valence-electron chi connectivity index (χ1n) is 7.77. The zero-order valence-corrected chi connectivity index (χ0v) is 13.4. The number of aromatic amines is 1. The number of anilines is 3. The second-order valence-electron chi connectivity index (χ2n) is 6.11. The molecule has 4 rings (SSSR count). The Bertz CT molecular complexity index is 854. The zero-order chi connectivity index (χ0) is 16.0. The van der Waals surface area contributed by atoms with E-state index in [1.54, 1.807) is 0 Å². The fourth-order valence-electron chi connectivity index (χ4n) is 3.32. The first-order valence-corrected chi connectivity index (χ1v) is 7.77. The van der Waals surface area contributed by atoms with E-state index in [-0.39, 0.29) is 0 Å². The average molecular weight is 308 g/mol. The van der Waals surface area contributed by atoms with Gasteiger partial charge in [-0.3, -0.25) is 5.10 Å². The van der Waals surface area contributed by atoms with E-state index < -0.39 is 0 Å². The van der Waals surface area contributed by atoms with Crippen LogP contribution in [0.3, 0.4) is 0 Å². The maximum absolute atomic E-state index is 6.09. The number of benzene rings is 1. The number of H-pyrrole nitrogens is 1. The summed E-state index contributed by atoms with van der Waals surface area (Å²) in [4.78, 5) is 9.24. The van der Waals surface area contributed by atoms with Crippen LogP contribution in [0.15, 0.2) is 30.3 Å². The summed E-state index contributed by atoms with van der Waals surface area (Å²) in [5, 5.41) is 8.14. The van der Waals surface area contributed by atoms with Gasteiger partial charge in [0.25, 0.3) is 0 Å². The van der Waals surface area contributed by atoms with Crippen molar-refractivity contribution in [2.24, 2.45) is 0 Å². The number of pyridine rings is 1. The molecule has 3 aromatic rings. The van der Waals surface area contributed by atoms with Crippen LogP contribution < -0.4 is 10.6 Å². The molecule has 3 heterocycles. The van der Waals surface area contributed by atoms with Crippen molar-refractivity contribution >= 4 is 28.4 Å². The van der Waals surface area contributed by atoms with Crippen molar-refractivity contribution in [2.75, 3.05) is 31.3 Å². The number of nitrogens with two attached hydrogens (primary N) is 1. The van der Waals surface area contributed by atoms with Crippen molar-refractivity contribution in [3.05, 3.63) is 41.5 Å².